The zero-order chi connectivity index (χ0) is 4.41. The maximum absolute atomic E-state index is 5.39. The second-order valence-corrected chi connectivity index (χ2v) is 1.59. The van der Waals surface area contributed by atoms with Crippen molar-refractivity contribution in [2.45, 2.75) is 6.42 Å². The summed E-state index contributed by atoms with van der Waals surface area (Å²) in [4.78, 5) is 0. The monoisotopic (exact) mass is 82.1 g/mol. The molecule has 1 aliphatic heterocycles. The van der Waals surface area contributed by atoms with Gasteiger partial charge in [-0.05, 0) is 13.0 Å². The van der Waals surface area contributed by atoms with Gasteiger partial charge < -0.3 is 5.32 Å². The van der Waals surface area contributed by atoms with Gasteiger partial charge in [0.15, 0.2) is 0 Å². The fraction of sp³-hybridized carbons (Fsp3) is 0.600. The Morgan fingerprint density at radius 3 is 2.67 bits per heavy atom. The van der Waals surface area contributed by atoms with Crippen molar-refractivity contribution in [1.29, 1.82) is 0 Å². The van der Waals surface area contributed by atoms with Crippen LogP contribution in [0, 0.1) is 6.58 Å². The molecule has 0 bridgehead atoms. The highest BCUT2D eigenvalue weighted by Gasteiger charge is 1.99. The van der Waals surface area contributed by atoms with Crippen LogP contribution in [-0.2, 0) is 0 Å². The van der Waals surface area contributed by atoms with Crippen LogP contribution in [0.15, 0.2) is 5.57 Å². The van der Waals surface area contributed by atoms with E-state index < -0.39 is 0 Å². The van der Waals surface area contributed by atoms with E-state index in [-0.39, 0.29) is 0 Å². The van der Waals surface area contributed by atoms with Gasteiger partial charge in [-0.3, -0.25) is 0 Å². The van der Waals surface area contributed by atoms with Crippen molar-refractivity contribution < 1.29 is 0 Å². The fourth-order valence-electron chi connectivity index (χ4n) is 0.586. The second-order valence-electron chi connectivity index (χ2n) is 1.59. The molecule has 1 N–H and O–H groups in total. The van der Waals surface area contributed by atoms with E-state index in [4.69, 9.17) is 6.58 Å². The molecule has 6 heavy (non-hydrogen) atoms. The van der Waals surface area contributed by atoms with Crippen LogP contribution in [0.2, 0.25) is 0 Å². The molecule has 0 unspecified atom stereocenters. The molecule has 1 aliphatic rings. The number of hydrogen-bond donors (Lipinski definition) is 1. The minimum Gasteiger partial charge on any atom is -0.313 e. The lowest BCUT2D eigenvalue weighted by atomic mass is 10.3. The number of rotatable bonds is 0. The predicted molar refractivity (Wildman–Crippen MR) is 25.3 cm³/mol. The quantitative estimate of drug-likeness (QED) is 0.444. The first kappa shape index (κ1) is 3.88. The van der Waals surface area contributed by atoms with Crippen molar-refractivity contribution in [1.82, 2.24) is 5.32 Å². The van der Waals surface area contributed by atoms with Crippen molar-refractivity contribution in [3.63, 3.8) is 0 Å². The molecule has 1 saturated heterocycles. The standard InChI is InChI=1S/C5H8N/c1-5-2-3-6-4-5/h1,6H,2-4H2. The smallest absolute Gasteiger partial charge is 0.0168 e. The Labute approximate surface area is 38.1 Å². The third-order valence-corrected chi connectivity index (χ3v) is 0.975. The predicted octanol–water partition coefficient (Wildman–Crippen LogP) is 0.339. The van der Waals surface area contributed by atoms with Crippen LogP contribution in [0.25, 0.3) is 0 Å². The Balaban J connectivity index is 2.37. The summed E-state index contributed by atoms with van der Waals surface area (Å²) >= 11 is 0. The lowest BCUT2D eigenvalue weighted by molar-refractivity contribution is 0.862. The molecule has 0 atom stereocenters. The summed E-state index contributed by atoms with van der Waals surface area (Å²) in [5.74, 6) is 0. The van der Waals surface area contributed by atoms with Crippen molar-refractivity contribution in [3.8, 4) is 0 Å². The Bertz CT molecular complexity index is 58.3. The normalized spacial score (nSPS) is 22.3. The van der Waals surface area contributed by atoms with Crippen molar-refractivity contribution in [2.75, 3.05) is 13.1 Å². The topological polar surface area (TPSA) is 12.0 Å². The third kappa shape index (κ3) is 0.601. The van der Waals surface area contributed by atoms with Crippen LogP contribution in [0.3, 0.4) is 0 Å². The minimum atomic E-state index is 0.931. The molecule has 1 heteroatoms. The highest BCUT2D eigenvalue weighted by Crippen LogP contribution is 1.98. The summed E-state index contributed by atoms with van der Waals surface area (Å²) in [6, 6.07) is 0. The average Bonchev–Trinajstić information content (AvgIpc) is 1.86. The fourth-order valence-corrected chi connectivity index (χ4v) is 0.586. The minimum absolute atomic E-state index is 0.931. The molecule has 1 nitrogen and oxygen atoms in total. The Morgan fingerprint density at radius 2 is 2.50 bits per heavy atom. The summed E-state index contributed by atoms with van der Waals surface area (Å²) in [5.41, 5.74) is 1.09. The van der Waals surface area contributed by atoms with Gasteiger partial charge in [-0.15, -0.1) is 0 Å². The van der Waals surface area contributed by atoms with E-state index in [0.29, 0.717) is 0 Å². The van der Waals surface area contributed by atoms with Gasteiger partial charge >= 0.3 is 0 Å². The SMILES string of the molecule is [CH]=C1CCNC1. The van der Waals surface area contributed by atoms with Gasteiger partial charge in [0.05, 0.1) is 0 Å². The Kier molecular flexibility index (Phi) is 0.926. The highest BCUT2D eigenvalue weighted by atomic mass is 14.9. The van der Waals surface area contributed by atoms with Gasteiger partial charge in [0.2, 0.25) is 0 Å². The van der Waals surface area contributed by atoms with Crippen molar-refractivity contribution in [3.05, 3.63) is 12.2 Å². The number of nitrogens with one attached hydrogen (secondary N) is 1. The Hall–Kier alpha value is -0.300. The highest BCUT2D eigenvalue weighted by molar-refractivity contribution is 4.99. The molecule has 0 aliphatic carbocycles. The van der Waals surface area contributed by atoms with Crippen LogP contribution >= 0.6 is 0 Å². The molecule has 0 aromatic rings. The van der Waals surface area contributed by atoms with E-state index >= 15 is 0 Å². The van der Waals surface area contributed by atoms with E-state index in [1.165, 1.54) is 0 Å². The molecular formula is C5H8N. The maximum Gasteiger partial charge on any atom is 0.0168 e. The zero-order valence-electron chi connectivity index (χ0n) is 3.70. The maximum atomic E-state index is 5.39. The van der Waals surface area contributed by atoms with E-state index in [9.17, 15) is 0 Å². The van der Waals surface area contributed by atoms with Crippen LogP contribution in [0.4, 0.5) is 0 Å². The molecule has 1 rings (SSSR count). The van der Waals surface area contributed by atoms with Gasteiger partial charge in [0.25, 0.3) is 0 Å². The first-order valence-corrected chi connectivity index (χ1v) is 2.20. The molecule has 0 spiro atoms. The molecule has 0 amide bonds. The van der Waals surface area contributed by atoms with Gasteiger partial charge in [-0.2, -0.15) is 0 Å². The zero-order valence-corrected chi connectivity index (χ0v) is 3.70. The first-order valence-electron chi connectivity index (χ1n) is 2.20. The van der Waals surface area contributed by atoms with Crippen LogP contribution in [0.1, 0.15) is 6.42 Å². The third-order valence-electron chi connectivity index (χ3n) is 0.975. The van der Waals surface area contributed by atoms with E-state index in [0.717, 1.165) is 25.1 Å². The van der Waals surface area contributed by atoms with Crippen molar-refractivity contribution >= 4 is 0 Å². The van der Waals surface area contributed by atoms with E-state index in [1.54, 1.807) is 0 Å². The first-order chi connectivity index (χ1) is 2.89. The molecule has 0 saturated carbocycles. The molecule has 1 heterocycles. The molecular weight excluding hydrogens is 74.1 g/mol. The van der Waals surface area contributed by atoms with Crippen LogP contribution in [-0.4, -0.2) is 13.1 Å². The van der Waals surface area contributed by atoms with E-state index in [1.807, 2.05) is 0 Å². The number of hydrogen-bond acceptors (Lipinski definition) is 1. The van der Waals surface area contributed by atoms with Crippen molar-refractivity contribution in [2.24, 2.45) is 0 Å². The van der Waals surface area contributed by atoms with E-state index in [2.05, 4.69) is 5.32 Å². The lowest BCUT2D eigenvalue weighted by Gasteiger charge is -1.79. The summed E-state index contributed by atoms with van der Waals surface area (Å²) in [7, 11) is 0. The van der Waals surface area contributed by atoms with Gasteiger partial charge in [0.1, 0.15) is 0 Å². The Morgan fingerprint density at radius 1 is 1.67 bits per heavy atom. The van der Waals surface area contributed by atoms with Gasteiger partial charge in [0, 0.05) is 6.54 Å². The average molecular weight is 82.1 g/mol. The molecule has 1 radical (unpaired) electrons. The summed E-state index contributed by atoms with van der Waals surface area (Å²) in [6.07, 6.45) is 1.07. The second kappa shape index (κ2) is 1.43. The van der Waals surface area contributed by atoms with Crippen LogP contribution < -0.4 is 5.32 Å². The van der Waals surface area contributed by atoms with Gasteiger partial charge in [-0.1, -0.05) is 12.2 Å². The molecule has 0 aromatic heterocycles. The summed E-state index contributed by atoms with van der Waals surface area (Å²) in [6.45, 7) is 7.39. The molecule has 0 aromatic carbocycles. The lowest BCUT2D eigenvalue weighted by Crippen LogP contribution is -2.04. The largest absolute Gasteiger partial charge is 0.313 e. The van der Waals surface area contributed by atoms with Crippen LogP contribution in [0.5, 0.6) is 0 Å². The van der Waals surface area contributed by atoms with Gasteiger partial charge in [-0.25, -0.2) is 0 Å². The summed E-state index contributed by atoms with van der Waals surface area (Å²) in [5, 5.41) is 3.11. The molecule has 33 valence electrons. The summed E-state index contributed by atoms with van der Waals surface area (Å²) < 4.78 is 0. The molecule has 1 fully saturated rings.